The van der Waals surface area contributed by atoms with Crippen molar-refractivity contribution in [1.29, 1.82) is 5.26 Å². The molecule has 2 nitrogen and oxygen atoms in total. The summed E-state index contributed by atoms with van der Waals surface area (Å²) in [5.74, 6) is 0. The van der Waals surface area contributed by atoms with E-state index in [4.69, 9.17) is 5.26 Å². The van der Waals surface area contributed by atoms with Crippen molar-refractivity contribution < 1.29 is 0 Å². The van der Waals surface area contributed by atoms with Gasteiger partial charge in [0.15, 0.2) is 0 Å². The minimum Gasteiger partial charge on any atom is -0.314 e. The molecule has 0 saturated heterocycles. The average molecular weight is 268 g/mol. The van der Waals surface area contributed by atoms with Crippen molar-refractivity contribution in [1.82, 2.24) is 5.32 Å². The van der Waals surface area contributed by atoms with E-state index in [-0.39, 0.29) is 5.41 Å². The summed E-state index contributed by atoms with van der Waals surface area (Å²) in [5.41, 5.74) is -0.142. The van der Waals surface area contributed by atoms with Gasteiger partial charge in [-0.3, -0.25) is 0 Å². The van der Waals surface area contributed by atoms with Crippen LogP contribution in [0.5, 0.6) is 0 Å². The number of unbranched alkanes of at least 4 members (excludes halogenated alkanes) is 1. The van der Waals surface area contributed by atoms with Crippen molar-refractivity contribution in [2.45, 2.75) is 70.1 Å². The van der Waals surface area contributed by atoms with Gasteiger partial charge >= 0.3 is 0 Å². The Morgan fingerprint density at radius 2 is 1.89 bits per heavy atom. The molecule has 3 heteroatoms. The smallest absolute Gasteiger partial charge is 0.0683 e. The maximum atomic E-state index is 8.94. The van der Waals surface area contributed by atoms with E-state index in [2.05, 4.69) is 17.6 Å². The van der Waals surface area contributed by atoms with Gasteiger partial charge in [0, 0.05) is 11.3 Å². The summed E-state index contributed by atoms with van der Waals surface area (Å²) in [6.45, 7) is 5.18. The molecule has 1 N–H and O–H groups in total. The maximum Gasteiger partial charge on any atom is 0.0683 e. The molecule has 0 radical (unpaired) electrons. The summed E-state index contributed by atoms with van der Waals surface area (Å²) in [7, 11) is 0. The molecular weight excluding hydrogens is 240 g/mol. The minimum atomic E-state index is -0.142. The van der Waals surface area contributed by atoms with Gasteiger partial charge in [-0.25, -0.2) is 0 Å². The summed E-state index contributed by atoms with van der Waals surface area (Å²) in [6.07, 6.45) is 11.0. The van der Waals surface area contributed by atoms with E-state index in [1.807, 2.05) is 25.6 Å². The monoisotopic (exact) mass is 268 g/mol. The summed E-state index contributed by atoms with van der Waals surface area (Å²) in [5, 5.41) is 13.5. The number of nitriles is 1. The van der Waals surface area contributed by atoms with Crippen LogP contribution in [0.2, 0.25) is 0 Å². The largest absolute Gasteiger partial charge is 0.314 e. The summed E-state index contributed by atoms with van der Waals surface area (Å²) >= 11 is 2.03. The van der Waals surface area contributed by atoms with E-state index in [0.717, 1.165) is 30.7 Å². The van der Waals surface area contributed by atoms with Crippen LogP contribution >= 0.6 is 11.8 Å². The van der Waals surface area contributed by atoms with E-state index in [9.17, 15) is 0 Å². The van der Waals surface area contributed by atoms with Gasteiger partial charge in [0.1, 0.15) is 0 Å². The van der Waals surface area contributed by atoms with Crippen molar-refractivity contribution in [3.8, 4) is 6.07 Å². The molecule has 1 rings (SSSR count). The Kier molecular flexibility index (Phi) is 7.11. The summed E-state index contributed by atoms with van der Waals surface area (Å²) in [6, 6.07) is 3.12. The number of nitrogens with zero attached hydrogens (tertiary/aromatic N) is 1. The highest BCUT2D eigenvalue weighted by molar-refractivity contribution is 7.99. The van der Waals surface area contributed by atoms with Crippen molar-refractivity contribution in [3.63, 3.8) is 0 Å². The Balaban J connectivity index is 2.01. The highest BCUT2D eigenvalue weighted by Gasteiger charge is 2.20. The third-order valence-electron chi connectivity index (χ3n) is 3.97. The summed E-state index contributed by atoms with van der Waals surface area (Å²) < 4.78 is 0. The second-order valence-corrected chi connectivity index (χ2v) is 7.25. The van der Waals surface area contributed by atoms with E-state index in [1.165, 1.54) is 32.1 Å². The normalized spacial score (nSPS) is 24.8. The van der Waals surface area contributed by atoms with Gasteiger partial charge in [0.2, 0.25) is 0 Å². The van der Waals surface area contributed by atoms with Crippen LogP contribution in [0.1, 0.15) is 58.8 Å². The van der Waals surface area contributed by atoms with Crippen LogP contribution in [-0.4, -0.2) is 24.1 Å². The zero-order valence-corrected chi connectivity index (χ0v) is 13.0. The van der Waals surface area contributed by atoms with Crippen LogP contribution < -0.4 is 5.32 Å². The molecule has 1 fully saturated rings. The topological polar surface area (TPSA) is 35.8 Å². The molecule has 18 heavy (non-hydrogen) atoms. The van der Waals surface area contributed by atoms with Crippen molar-refractivity contribution in [2.24, 2.45) is 5.41 Å². The molecule has 0 aliphatic heterocycles. The predicted octanol–water partition coefficient (Wildman–Crippen LogP) is 3.97. The Hall–Kier alpha value is -0.200. The number of hydrogen-bond acceptors (Lipinski definition) is 3. The molecule has 0 bridgehead atoms. The van der Waals surface area contributed by atoms with Gasteiger partial charge in [-0.1, -0.05) is 6.42 Å². The van der Waals surface area contributed by atoms with E-state index in [0.29, 0.717) is 0 Å². The summed E-state index contributed by atoms with van der Waals surface area (Å²) in [4.78, 5) is 0. The van der Waals surface area contributed by atoms with Gasteiger partial charge in [-0.05, 0) is 65.2 Å². The first kappa shape index (κ1) is 15.9. The van der Waals surface area contributed by atoms with Crippen LogP contribution in [0.3, 0.4) is 0 Å². The van der Waals surface area contributed by atoms with E-state index < -0.39 is 0 Å². The Labute approximate surface area is 117 Å². The molecule has 0 unspecified atom stereocenters. The SMILES string of the molecule is CSC1CCC(NCCCCC(C)(C)C#N)CC1. The van der Waals surface area contributed by atoms with Gasteiger partial charge < -0.3 is 5.32 Å². The number of hydrogen-bond donors (Lipinski definition) is 1. The second-order valence-electron chi connectivity index (χ2n) is 6.12. The third-order valence-corrected chi connectivity index (χ3v) is 5.11. The molecule has 0 aromatic rings. The Bertz CT molecular complexity index is 262. The Morgan fingerprint density at radius 1 is 1.22 bits per heavy atom. The van der Waals surface area contributed by atoms with Crippen molar-refractivity contribution in [2.75, 3.05) is 12.8 Å². The van der Waals surface area contributed by atoms with Gasteiger partial charge in [0.25, 0.3) is 0 Å². The first-order chi connectivity index (χ1) is 8.57. The molecule has 1 aliphatic rings. The quantitative estimate of drug-likeness (QED) is 0.710. The highest BCUT2D eigenvalue weighted by atomic mass is 32.2. The number of rotatable bonds is 7. The first-order valence-electron chi connectivity index (χ1n) is 7.25. The lowest BCUT2D eigenvalue weighted by atomic mass is 9.89. The van der Waals surface area contributed by atoms with Crippen LogP contribution in [0.15, 0.2) is 0 Å². The Morgan fingerprint density at radius 3 is 2.44 bits per heavy atom. The molecule has 1 aliphatic carbocycles. The molecule has 0 spiro atoms. The zero-order chi connectivity index (χ0) is 13.4. The van der Waals surface area contributed by atoms with Crippen LogP contribution in [0.4, 0.5) is 0 Å². The first-order valence-corrected chi connectivity index (χ1v) is 8.53. The molecule has 0 atom stereocenters. The predicted molar refractivity (Wildman–Crippen MR) is 80.8 cm³/mol. The standard InChI is InChI=1S/C15H28N2S/c1-15(2,12-16)10-4-5-11-17-13-6-8-14(18-3)9-7-13/h13-14,17H,4-11H2,1-3H3. The van der Waals surface area contributed by atoms with E-state index in [1.54, 1.807) is 0 Å². The number of nitrogens with one attached hydrogen (secondary N) is 1. The molecule has 0 aromatic carbocycles. The van der Waals surface area contributed by atoms with Crippen LogP contribution in [0, 0.1) is 16.7 Å². The van der Waals surface area contributed by atoms with Crippen LogP contribution in [0.25, 0.3) is 0 Å². The highest BCUT2D eigenvalue weighted by Crippen LogP contribution is 2.27. The van der Waals surface area contributed by atoms with Gasteiger partial charge in [0.05, 0.1) is 11.5 Å². The lowest BCUT2D eigenvalue weighted by Crippen LogP contribution is -2.34. The lowest BCUT2D eigenvalue weighted by Gasteiger charge is -2.28. The van der Waals surface area contributed by atoms with Crippen LogP contribution in [-0.2, 0) is 0 Å². The minimum absolute atomic E-state index is 0.142. The molecule has 1 saturated carbocycles. The fraction of sp³-hybridized carbons (Fsp3) is 0.933. The second kappa shape index (κ2) is 8.07. The van der Waals surface area contributed by atoms with Crippen molar-refractivity contribution in [3.05, 3.63) is 0 Å². The van der Waals surface area contributed by atoms with E-state index >= 15 is 0 Å². The maximum absolute atomic E-state index is 8.94. The lowest BCUT2D eigenvalue weighted by molar-refractivity contribution is 0.367. The fourth-order valence-electron chi connectivity index (χ4n) is 2.56. The van der Waals surface area contributed by atoms with Crippen molar-refractivity contribution >= 4 is 11.8 Å². The third kappa shape index (κ3) is 6.11. The molecule has 0 amide bonds. The molecule has 0 heterocycles. The fourth-order valence-corrected chi connectivity index (χ4v) is 3.30. The zero-order valence-electron chi connectivity index (χ0n) is 12.2. The molecular formula is C15H28N2S. The molecule has 104 valence electrons. The molecule has 0 aromatic heterocycles. The van der Waals surface area contributed by atoms with Gasteiger partial charge in [-0.15, -0.1) is 0 Å². The number of thioether (sulfide) groups is 1. The van der Waals surface area contributed by atoms with Gasteiger partial charge in [-0.2, -0.15) is 17.0 Å². The average Bonchev–Trinajstić information content (AvgIpc) is 2.39.